The number of rotatable bonds is 8. The molecule has 1 saturated heterocycles. The van der Waals surface area contributed by atoms with Crippen molar-refractivity contribution < 1.29 is 50.6 Å². The number of sulfonamides is 1. The summed E-state index contributed by atoms with van der Waals surface area (Å²) in [4.78, 5) is 70.7. The maximum absolute atomic E-state index is 15.0. The standard InChI is InChI=1S/C39H51F3N6O9S/c1-21(2)48-33(50)28-14-10-9-13-27(28)32(44-48)57-25-18-29-31(49)43-38(35(52)45-58(55,56)26-15-16-26)19-24(38)12-8-7-11-22(3)17-23(4)30(34(51)46(29)20-25)47(36(53)54)37(5,6)39(40,41)42/h8-10,12-14,21-26,29-30H,7,11,15-20H2,1-6H3,(H,43,49)(H,45,52)(H,53,54)/t22-,23-,24-,25-,29+,30+,38-/m1/s1. The number of halogens is 3. The van der Waals surface area contributed by atoms with Gasteiger partial charge in [-0.2, -0.15) is 13.2 Å². The van der Waals surface area contributed by atoms with E-state index in [4.69, 9.17) is 4.74 Å². The zero-order valence-electron chi connectivity index (χ0n) is 33.3. The number of alkyl halides is 3. The van der Waals surface area contributed by atoms with Gasteiger partial charge in [0.25, 0.3) is 11.5 Å². The number of nitrogens with zero attached hydrogens (tertiary/aromatic N) is 4. The first-order valence-electron chi connectivity index (χ1n) is 19.6. The number of carboxylic acid groups (broad SMARTS) is 1. The third kappa shape index (κ3) is 8.14. The van der Waals surface area contributed by atoms with E-state index in [2.05, 4.69) is 15.1 Å². The Morgan fingerprint density at radius 2 is 1.72 bits per heavy atom. The van der Waals surface area contributed by atoms with Gasteiger partial charge in [-0.3, -0.25) is 28.8 Å². The summed E-state index contributed by atoms with van der Waals surface area (Å²) in [6.07, 6.45) is -3.04. The van der Waals surface area contributed by atoms with E-state index >= 15 is 4.79 Å². The Balaban J connectivity index is 1.45. The van der Waals surface area contributed by atoms with Crippen LogP contribution in [0.25, 0.3) is 10.8 Å². The zero-order chi connectivity index (χ0) is 42.7. The second-order valence-corrected chi connectivity index (χ2v) is 19.1. The summed E-state index contributed by atoms with van der Waals surface area (Å²) in [6, 6.07) is 2.67. The Kier molecular flexibility index (Phi) is 11.5. The van der Waals surface area contributed by atoms with Gasteiger partial charge in [0.2, 0.25) is 27.7 Å². The minimum Gasteiger partial charge on any atom is -0.471 e. The fourth-order valence-electron chi connectivity index (χ4n) is 8.26. The molecule has 15 nitrogen and oxygen atoms in total. The van der Waals surface area contributed by atoms with Crippen molar-refractivity contribution in [3.8, 4) is 5.88 Å². The molecule has 0 spiro atoms. The fourth-order valence-corrected chi connectivity index (χ4v) is 9.62. The Morgan fingerprint density at radius 1 is 1.07 bits per heavy atom. The first kappa shape index (κ1) is 42.9. The van der Waals surface area contributed by atoms with Crippen LogP contribution in [0.3, 0.4) is 0 Å². The molecule has 2 saturated carbocycles. The molecular formula is C39H51F3N6O9S. The molecule has 2 aliphatic heterocycles. The smallest absolute Gasteiger partial charge is 0.411 e. The highest BCUT2D eigenvalue weighted by Gasteiger charge is 2.63. The van der Waals surface area contributed by atoms with Gasteiger partial charge in [0.1, 0.15) is 29.3 Å². The topological polar surface area (TPSA) is 197 Å². The van der Waals surface area contributed by atoms with Gasteiger partial charge in [0, 0.05) is 12.3 Å². The third-order valence-electron chi connectivity index (χ3n) is 11.9. The number of ether oxygens (including phenoxy) is 1. The van der Waals surface area contributed by atoms with Gasteiger partial charge in [-0.15, -0.1) is 5.10 Å². The number of amides is 4. The van der Waals surface area contributed by atoms with Crippen molar-refractivity contribution in [3.63, 3.8) is 0 Å². The molecular weight excluding hydrogens is 786 g/mol. The van der Waals surface area contributed by atoms with E-state index in [-0.39, 0.29) is 46.9 Å². The van der Waals surface area contributed by atoms with E-state index in [1.807, 2.05) is 6.92 Å². The van der Waals surface area contributed by atoms with Crippen LogP contribution in [0.1, 0.15) is 92.5 Å². The van der Waals surface area contributed by atoms with Crippen molar-refractivity contribution in [1.29, 1.82) is 0 Å². The predicted octanol–water partition coefficient (Wildman–Crippen LogP) is 4.51. The maximum Gasteiger partial charge on any atom is 0.411 e. The summed E-state index contributed by atoms with van der Waals surface area (Å²) >= 11 is 0. The Bertz CT molecular complexity index is 2170. The molecule has 0 bridgehead atoms. The molecule has 3 heterocycles. The quantitative estimate of drug-likeness (QED) is 0.318. The number of nitrogens with one attached hydrogen (secondary N) is 2. The summed E-state index contributed by atoms with van der Waals surface area (Å²) in [5, 5.41) is 17.5. The molecule has 58 heavy (non-hydrogen) atoms. The average molecular weight is 837 g/mol. The van der Waals surface area contributed by atoms with Crippen molar-refractivity contribution in [1.82, 2.24) is 29.6 Å². The molecule has 19 heteroatoms. The Labute approximate surface area is 334 Å². The predicted molar refractivity (Wildman–Crippen MR) is 205 cm³/mol. The lowest BCUT2D eigenvalue weighted by Gasteiger charge is -2.45. The molecule has 6 rings (SSSR count). The van der Waals surface area contributed by atoms with Gasteiger partial charge in [-0.05, 0) is 90.2 Å². The molecule has 1 aromatic heterocycles. The molecule has 2 aromatic rings. The van der Waals surface area contributed by atoms with Gasteiger partial charge < -0.3 is 20.1 Å². The number of fused-ring (bicyclic) bond motifs is 3. The second kappa shape index (κ2) is 15.5. The zero-order valence-corrected chi connectivity index (χ0v) is 34.1. The molecule has 3 fully saturated rings. The van der Waals surface area contributed by atoms with Crippen molar-refractivity contribution in [2.75, 3.05) is 6.54 Å². The molecule has 0 unspecified atom stereocenters. The molecule has 0 radical (unpaired) electrons. The summed E-state index contributed by atoms with van der Waals surface area (Å²) in [7, 11) is -4.04. The number of allylic oxidation sites excluding steroid dienone is 1. The summed E-state index contributed by atoms with van der Waals surface area (Å²) in [5.41, 5.74) is -5.17. The van der Waals surface area contributed by atoms with Crippen molar-refractivity contribution in [2.45, 2.75) is 133 Å². The number of hydrogen-bond donors (Lipinski definition) is 3. The monoisotopic (exact) mass is 836 g/mol. The third-order valence-corrected chi connectivity index (χ3v) is 13.7. The van der Waals surface area contributed by atoms with E-state index in [0.717, 1.165) is 4.90 Å². The van der Waals surface area contributed by atoms with Crippen molar-refractivity contribution in [2.24, 2.45) is 17.8 Å². The highest BCUT2D eigenvalue weighted by atomic mass is 32.2. The van der Waals surface area contributed by atoms with Gasteiger partial charge in [0.05, 0.1) is 28.6 Å². The van der Waals surface area contributed by atoms with Crippen LogP contribution in [-0.4, -0.2) is 104 Å². The molecule has 4 amide bonds. The number of aromatic nitrogens is 2. The highest BCUT2D eigenvalue weighted by molar-refractivity contribution is 7.91. The van der Waals surface area contributed by atoms with Gasteiger partial charge >= 0.3 is 12.3 Å². The number of carbonyl (C=O) groups excluding carboxylic acids is 3. The Hall–Kier alpha value is -4.68. The van der Waals surface area contributed by atoms with E-state index in [1.54, 1.807) is 50.3 Å². The van der Waals surface area contributed by atoms with Gasteiger partial charge in [-0.1, -0.05) is 38.1 Å². The lowest BCUT2D eigenvalue weighted by Crippen LogP contribution is -2.66. The van der Waals surface area contributed by atoms with Crippen LogP contribution in [0.4, 0.5) is 18.0 Å². The van der Waals surface area contributed by atoms with Crippen LogP contribution in [0.2, 0.25) is 0 Å². The molecule has 3 N–H and O–H groups in total. The molecule has 318 valence electrons. The first-order valence-corrected chi connectivity index (χ1v) is 21.2. The van der Waals surface area contributed by atoms with Crippen LogP contribution in [0.5, 0.6) is 5.88 Å². The lowest BCUT2D eigenvalue weighted by atomic mass is 9.85. The molecule has 4 aliphatic rings. The largest absolute Gasteiger partial charge is 0.471 e. The van der Waals surface area contributed by atoms with E-state index in [1.165, 1.54) is 11.6 Å². The molecule has 7 atom stereocenters. The first-order chi connectivity index (χ1) is 27.0. The maximum atomic E-state index is 15.0. The van der Waals surface area contributed by atoms with Crippen LogP contribution >= 0.6 is 0 Å². The van der Waals surface area contributed by atoms with Crippen LogP contribution < -0.4 is 20.3 Å². The number of carbonyl (C=O) groups is 4. The number of benzene rings is 1. The lowest BCUT2D eigenvalue weighted by molar-refractivity contribution is -0.222. The molecule has 2 aliphatic carbocycles. The summed E-state index contributed by atoms with van der Waals surface area (Å²) in [6.45, 7) is 7.77. The Morgan fingerprint density at radius 3 is 2.33 bits per heavy atom. The van der Waals surface area contributed by atoms with Crippen LogP contribution in [0, 0.1) is 17.8 Å². The van der Waals surface area contributed by atoms with E-state index in [0.29, 0.717) is 44.9 Å². The molecule has 1 aromatic carbocycles. The van der Waals surface area contributed by atoms with E-state index < -0.39 is 99.0 Å². The van der Waals surface area contributed by atoms with Crippen molar-refractivity contribution in [3.05, 3.63) is 46.8 Å². The average Bonchev–Trinajstić information content (AvgIpc) is 4.05. The SMILES string of the molecule is CC(C)n1nc(O[C@@H]2C[C@H]3C(=O)N[C@]4(C(=O)NS(=O)(=O)C5CC5)C[C@H]4C=CCC[C@@H](C)C[C@@H](C)[C@H](N(C(=O)O)C(C)(C)C(F)(F)F)C(=O)N3C2)c2ccccc2c1=O. The summed E-state index contributed by atoms with van der Waals surface area (Å²) in [5.74, 6) is -4.75. The summed E-state index contributed by atoms with van der Waals surface area (Å²) < 4.78 is 79.6. The number of hydrogen-bond acceptors (Lipinski definition) is 9. The van der Waals surface area contributed by atoms with Gasteiger partial charge in [0.15, 0.2) is 0 Å². The minimum absolute atomic E-state index is 0.0119. The van der Waals surface area contributed by atoms with Crippen LogP contribution in [-0.2, 0) is 24.4 Å². The van der Waals surface area contributed by atoms with Gasteiger partial charge in [-0.25, -0.2) is 17.9 Å². The second-order valence-electron chi connectivity index (χ2n) is 17.1. The normalized spacial score (nSPS) is 28.6. The van der Waals surface area contributed by atoms with Crippen LogP contribution in [0.15, 0.2) is 41.2 Å². The van der Waals surface area contributed by atoms with Crippen molar-refractivity contribution >= 4 is 44.6 Å². The fraction of sp³-hybridized carbons (Fsp3) is 0.641. The van der Waals surface area contributed by atoms with E-state index in [9.17, 15) is 45.9 Å². The minimum atomic E-state index is -5.11. The highest BCUT2D eigenvalue weighted by Crippen LogP contribution is 2.47.